The van der Waals surface area contributed by atoms with Crippen molar-refractivity contribution >= 4 is 33.6 Å². The maximum absolute atomic E-state index is 13.0. The monoisotopic (exact) mass is 399 g/mol. The first-order valence-corrected chi connectivity index (χ1v) is 10.5. The van der Waals surface area contributed by atoms with E-state index >= 15 is 0 Å². The number of rotatable bonds is 3. The molecule has 1 N–H and O–H groups in total. The molecule has 0 saturated carbocycles. The summed E-state index contributed by atoms with van der Waals surface area (Å²) in [7, 11) is -4.45. The molecule has 1 saturated heterocycles. The first-order chi connectivity index (χ1) is 13.0. The smallest absolute Gasteiger partial charge is 0.399 e. The van der Waals surface area contributed by atoms with Crippen molar-refractivity contribution < 1.29 is 17.7 Å². The van der Waals surface area contributed by atoms with E-state index in [1.165, 1.54) is 6.20 Å². The fraction of sp³-hybridized carbons (Fsp3) is 0.368. The summed E-state index contributed by atoms with van der Waals surface area (Å²) in [6, 6.07) is 6.73. The third-order valence-electron chi connectivity index (χ3n) is 5.47. The van der Waals surface area contributed by atoms with Crippen molar-refractivity contribution in [3.8, 4) is 0 Å². The molecule has 0 bridgehead atoms. The molecule has 1 aliphatic rings. The van der Waals surface area contributed by atoms with Gasteiger partial charge in [-0.15, -0.1) is 0 Å². The number of H-pyrrole nitrogens is 1. The standard InChI is InChI=1S/C19H22BN3O4S/c1-12-7-6-8-13(9-12)28(24,25)15-11-22-17-16(23-15)14(10-21-17)20-26-18(2,3)19(4,5)27-20/h6-11H,1-5H3,(H,21,22). The molecule has 9 heteroatoms. The number of hydrogen-bond donors (Lipinski definition) is 1. The minimum Gasteiger partial charge on any atom is -0.399 e. The van der Waals surface area contributed by atoms with Crippen molar-refractivity contribution in [2.45, 2.75) is 55.7 Å². The van der Waals surface area contributed by atoms with Crippen molar-refractivity contribution in [2.75, 3.05) is 0 Å². The number of aromatic amines is 1. The molecule has 1 aromatic carbocycles. The van der Waals surface area contributed by atoms with Crippen molar-refractivity contribution in [1.82, 2.24) is 15.0 Å². The van der Waals surface area contributed by atoms with Crippen LogP contribution in [0.15, 0.2) is 46.6 Å². The second kappa shape index (κ2) is 6.14. The number of fused-ring (bicyclic) bond motifs is 1. The topological polar surface area (TPSA) is 94.2 Å². The normalized spacial score (nSPS) is 18.7. The maximum Gasteiger partial charge on any atom is 0.498 e. The minimum absolute atomic E-state index is 0.108. The van der Waals surface area contributed by atoms with E-state index in [0.717, 1.165) is 5.56 Å². The number of benzene rings is 1. The molecule has 0 aliphatic carbocycles. The Morgan fingerprint density at radius 1 is 1.11 bits per heavy atom. The summed E-state index contributed by atoms with van der Waals surface area (Å²) in [5, 5.41) is -0.108. The predicted octanol–water partition coefficient (Wildman–Crippen LogP) is 2.40. The van der Waals surface area contributed by atoms with Crippen LogP contribution in [0.5, 0.6) is 0 Å². The Morgan fingerprint density at radius 2 is 1.79 bits per heavy atom. The molecule has 3 aromatic rings. The second-order valence-corrected chi connectivity index (χ2v) is 9.95. The molecule has 2 aromatic heterocycles. The van der Waals surface area contributed by atoms with Crippen LogP contribution < -0.4 is 5.46 Å². The van der Waals surface area contributed by atoms with Gasteiger partial charge in [0.1, 0.15) is 5.52 Å². The molecule has 0 spiro atoms. The average molecular weight is 399 g/mol. The zero-order chi connectivity index (χ0) is 20.3. The van der Waals surface area contributed by atoms with Gasteiger partial charge in [0.15, 0.2) is 10.7 Å². The van der Waals surface area contributed by atoms with Gasteiger partial charge in [0.2, 0.25) is 9.84 Å². The van der Waals surface area contributed by atoms with Crippen molar-refractivity contribution in [3.05, 3.63) is 42.2 Å². The number of aryl methyl sites for hydroxylation is 1. The molecule has 0 unspecified atom stereocenters. The van der Waals surface area contributed by atoms with E-state index in [0.29, 0.717) is 16.6 Å². The van der Waals surface area contributed by atoms with E-state index in [1.807, 2.05) is 40.7 Å². The SMILES string of the molecule is Cc1cccc(S(=O)(=O)c2cnc3[nH]cc(B4OC(C)(C)C(C)(C)O4)c3n2)c1. The largest absolute Gasteiger partial charge is 0.498 e. The number of nitrogens with zero attached hydrogens (tertiary/aromatic N) is 2. The number of nitrogens with one attached hydrogen (secondary N) is 1. The average Bonchev–Trinajstić information content (AvgIpc) is 3.12. The Morgan fingerprint density at radius 3 is 2.43 bits per heavy atom. The first kappa shape index (κ1) is 19.1. The lowest BCUT2D eigenvalue weighted by molar-refractivity contribution is 0.00578. The van der Waals surface area contributed by atoms with E-state index < -0.39 is 28.2 Å². The highest BCUT2D eigenvalue weighted by atomic mass is 32.2. The van der Waals surface area contributed by atoms with Gasteiger partial charge in [0.05, 0.1) is 22.3 Å². The summed E-state index contributed by atoms with van der Waals surface area (Å²) in [6.45, 7) is 9.68. The summed E-state index contributed by atoms with van der Waals surface area (Å²) in [6.07, 6.45) is 2.97. The van der Waals surface area contributed by atoms with Crippen LogP contribution in [-0.4, -0.2) is 41.7 Å². The lowest BCUT2D eigenvalue weighted by Gasteiger charge is -2.32. The fourth-order valence-electron chi connectivity index (χ4n) is 3.08. The fourth-order valence-corrected chi connectivity index (χ4v) is 4.32. The molecule has 0 amide bonds. The van der Waals surface area contributed by atoms with Gasteiger partial charge < -0.3 is 14.3 Å². The number of aromatic nitrogens is 3. The van der Waals surface area contributed by atoms with Crippen LogP contribution in [-0.2, 0) is 19.1 Å². The van der Waals surface area contributed by atoms with E-state index in [9.17, 15) is 8.42 Å². The van der Waals surface area contributed by atoms with E-state index in [-0.39, 0.29) is 9.92 Å². The van der Waals surface area contributed by atoms with E-state index in [2.05, 4.69) is 15.0 Å². The highest BCUT2D eigenvalue weighted by Gasteiger charge is 2.52. The third-order valence-corrected chi connectivity index (χ3v) is 7.09. The van der Waals surface area contributed by atoms with Gasteiger partial charge in [-0.1, -0.05) is 12.1 Å². The summed E-state index contributed by atoms with van der Waals surface area (Å²) < 4.78 is 38.2. The Hall–Kier alpha value is -2.23. The van der Waals surface area contributed by atoms with Crippen LogP contribution in [0.1, 0.15) is 33.3 Å². The second-order valence-electron chi connectivity index (χ2n) is 8.06. The van der Waals surface area contributed by atoms with E-state index in [1.54, 1.807) is 24.4 Å². The van der Waals surface area contributed by atoms with Gasteiger partial charge in [-0.3, -0.25) is 0 Å². The Balaban J connectivity index is 1.80. The molecule has 0 radical (unpaired) electrons. The summed E-state index contributed by atoms with van der Waals surface area (Å²) in [5.74, 6) is 0. The van der Waals surface area contributed by atoms with Crippen LogP contribution in [0.25, 0.3) is 11.2 Å². The molecule has 3 heterocycles. The zero-order valence-corrected chi connectivity index (χ0v) is 17.3. The van der Waals surface area contributed by atoms with Crippen LogP contribution >= 0.6 is 0 Å². The lowest BCUT2D eigenvalue weighted by atomic mass is 9.80. The molecule has 0 atom stereocenters. The minimum atomic E-state index is -3.79. The van der Waals surface area contributed by atoms with Crippen molar-refractivity contribution in [1.29, 1.82) is 0 Å². The van der Waals surface area contributed by atoms with Crippen LogP contribution in [0.2, 0.25) is 0 Å². The highest BCUT2D eigenvalue weighted by Crippen LogP contribution is 2.37. The molecule has 1 aliphatic heterocycles. The molecular weight excluding hydrogens is 377 g/mol. The summed E-state index contributed by atoms with van der Waals surface area (Å²) in [4.78, 5) is 11.9. The summed E-state index contributed by atoms with van der Waals surface area (Å²) in [5.41, 5.74) is 1.36. The molecule has 1 fully saturated rings. The Kier molecular flexibility index (Phi) is 4.19. The molecular formula is C19H22BN3O4S. The zero-order valence-electron chi connectivity index (χ0n) is 16.5. The molecule has 28 heavy (non-hydrogen) atoms. The lowest BCUT2D eigenvalue weighted by Crippen LogP contribution is -2.41. The van der Waals surface area contributed by atoms with Gasteiger partial charge in [-0.25, -0.2) is 18.4 Å². The number of sulfone groups is 1. The van der Waals surface area contributed by atoms with Gasteiger partial charge >= 0.3 is 7.12 Å². The van der Waals surface area contributed by atoms with Crippen LogP contribution in [0.4, 0.5) is 0 Å². The summed E-state index contributed by atoms with van der Waals surface area (Å²) >= 11 is 0. The quantitative estimate of drug-likeness (QED) is 0.680. The first-order valence-electron chi connectivity index (χ1n) is 9.03. The van der Waals surface area contributed by atoms with Gasteiger partial charge in [-0.2, -0.15) is 0 Å². The van der Waals surface area contributed by atoms with E-state index in [4.69, 9.17) is 9.31 Å². The van der Waals surface area contributed by atoms with Gasteiger partial charge in [0.25, 0.3) is 0 Å². The van der Waals surface area contributed by atoms with Crippen molar-refractivity contribution in [3.63, 3.8) is 0 Å². The predicted molar refractivity (Wildman–Crippen MR) is 106 cm³/mol. The molecule has 4 rings (SSSR count). The highest BCUT2D eigenvalue weighted by molar-refractivity contribution is 7.91. The molecule has 146 valence electrons. The Labute approximate surface area is 164 Å². The number of hydrogen-bond acceptors (Lipinski definition) is 6. The van der Waals surface area contributed by atoms with Crippen molar-refractivity contribution in [2.24, 2.45) is 0 Å². The molecule has 7 nitrogen and oxygen atoms in total. The van der Waals surface area contributed by atoms with Gasteiger partial charge in [-0.05, 0) is 52.3 Å². The Bertz CT molecular complexity index is 1150. The van der Waals surface area contributed by atoms with Crippen LogP contribution in [0.3, 0.4) is 0 Å². The third kappa shape index (κ3) is 2.94. The maximum atomic E-state index is 13.0. The van der Waals surface area contributed by atoms with Gasteiger partial charge in [0, 0.05) is 11.7 Å². The van der Waals surface area contributed by atoms with Crippen LogP contribution in [0, 0.1) is 6.92 Å².